The Balaban J connectivity index is 1.62. The number of amides is 2. The largest absolute Gasteiger partial charge is 0.349 e. The summed E-state index contributed by atoms with van der Waals surface area (Å²) in [4.78, 5) is 28.7. The van der Waals surface area contributed by atoms with Gasteiger partial charge in [0.2, 0.25) is 17.7 Å². The number of nitrogens with zero attached hydrogens (tertiary/aromatic N) is 2. The summed E-state index contributed by atoms with van der Waals surface area (Å²) in [5.74, 6) is 1.30. The van der Waals surface area contributed by atoms with E-state index in [1.54, 1.807) is 0 Å². The van der Waals surface area contributed by atoms with Gasteiger partial charge in [-0.15, -0.1) is 0 Å². The van der Waals surface area contributed by atoms with Crippen molar-refractivity contribution in [2.45, 2.75) is 89.1 Å². The third kappa shape index (κ3) is 4.90. The van der Waals surface area contributed by atoms with Crippen molar-refractivity contribution in [2.75, 3.05) is 6.54 Å². The van der Waals surface area contributed by atoms with Crippen LogP contribution in [0.4, 0.5) is 0 Å². The van der Waals surface area contributed by atoms with E-state index in [0.717, 1.165) is 51.4 Å². The van der Waals surface area contributed by atoms with E-state index >= 15 is 0 Å². The topological polar surface area (TPSA) is 123 Å². The predicted octanol–water partition coefficient (Wildman–Crippen LogP) is 1.93. The highest BCUT2D eigenvalue weighted by Crippen LogP contribution is 2.39. The summed E-state index contributed by atoms with van der Waals surface area (Å²) in [6.45, 7) is 3.97. The van der Waals surface area contributed by atoms with Gasteiger partial charge in [-0.25, -0.2) is 0 Å². The molecule has 0 aromatic carbocycles. The first kappa shape index (κ1) is 20.8. The van der Waals surface area contributed by atoms with Gasteiger partial charge in [-0.2, -0.15) is 4.98 Å². The number of nitrogens with two attached hydrogens (primary N) is 1. The predicted molar refractivity (Wildman–Crippen MR) is 104 cm³/mol. The lowest BCUT2D eigenvalue weighted by atomic mass is 9.89. The van der Waals surface area contributed by atoms with E-state index in [9.17, 15) is 9.59 Å². The molecule has 0 radical (unpaired) electrons. The van der Waals surface area contributed by atoms with Crippen LogP contribution in [0.15, 0.2) is 4.52 Å². The van der Waals surface area contributed by atoms with E-state index < -0.39 is 5.54 Å². The van der Waals surface area contributed by atoms with Gasteiger partial charge in [-0.05, 0) is 38.5 Å². The number of hydrogen-bond acceptors (Lipinski definition) is 6. The zero-order chi connectivity index (χ0) is 20.2. The Bertz CT molecular complexity index is 692. The molecule has 0 bridgehead atoms. The van der Waals surface area contributed by atoms with E-state index in [4.69, 9.17) is 10.3 Å². The van der Waals surface area contributed by atoms with Gasteiger partial charge >= 0.3 is 0 Å². The van der Waals surface area contributed by atoms with Crippen LogP contribution in [0.2, 0.25) is 0 Å². The number of rotatable bonds is 8. The summed E-state index contributed by atoms with van der Waals surface area (Å²) in [6.07, 6.45) is 8.83. The number of hydrogen-bond donors (Lipinski definition) is 3. The second kappa shape index (κ2) is 8.59. The first-order chi connectivity index (χ1) is 13.4. The van der Waals surface area contributed by atoms with Gasteiger partial charge in [-0.3, -0.25) is 9.59 Å². The summed E-state index contributed by atoms with van der Waals surface area (Å²) in [7, 11) is 0. The summed E-state index contributed by atoms with van der Waals surface area (Å²) < 4.78 is 5.41. The zero-order valence-electron chi connectivity index (χ0n) is 17.1. The maximum atomic E-state index is 12.4. The van der Waals surface area contributed by atoms with Crippen LogP contribution in [0.25, 0.3) is 0 Å². The molecular formula is C20H33N5O3. The van der Waals surface area contributed by atoms with Crippen molar-refractivity contribution < 1.29 is 14.1 Å². The molecule has 4 N–H and O–H groups in total. The van der Waals surface area contributed by atoms with Crippen molar-refractivity contribution >= 4 is 11.8 Å². The minimum Gasteiger partial charge on any atom is -0.349 e. The molecule has 1 atom stereocenters. The molecule has 0 spiro atoms. The molecule has 2 aliphatic carbocycles. The fraction of sp³-hybridized carbons (Fsp3) is 0.800. The van der Waals surface area contributed by atoms with Crippen molar-refractivity contribution in [2.24, 2.45) is 11.7 Å². The summed E-state index contributed by atoms with van der Waals surface area (Å²) in [5, 5.41) is 10.3. The van der Waals surface area contributed by atoms with Crippen LogP contribution in [0, 0.1) is 5.92 Å². The third-order valence-electron chi connectivity index (χ3n) is 6.16. The highest BCUT2D eigenvalue weighted by Gasteiger charge is 2.41. The van der Waals surface area contributed by atoms with Crippen molar-refractivity contribution in [3.05, 3.63) is 11.7 Å². The van der Waals surface area contributed by atoms with Crippen molar-refractivity contribution in [1.29, 1.82) is 0 Å². The molecule has 2 fully saturated rings. The molecule has 8 nitrogen and oxygen atoms in total. The standard InChI is InChI=1S/C20H33N5O3/c1-14(26)23-20(11-5-3-4-6-12-20)18-22-17(28-25-18)10-9-16(27)24-19(2,13-21)15-7-8-15/h15H,3-13,21H2,1-2H3,(H,23,26)(H,24,27). The van der Waals surface area contributed by atoms with Gasteiger partial charge in [0.1, 0.15) is 5.54 Å². The highest BCUT2D eigenvalue weighted by atomic mass is 16.5. The fourth-order valence-electron chi connectivity index (χ4n) is 4.27. The summed E-state index contributed by atoms with van der Waals surface area (Å²) in [5.41, 5.74) is 4.98. The van der Waals surface area contributed by atoms with Gasteiger partial charge in [0.25, 0.3) is 0 Å². The SMILES string of the molecule is CC(=O)NC1(c2noc(CCC(=O)NC(C)(CN)C3CC3)n2)CCCCCC1. The molecule has 2 aliphatic rings. The normalized spacial score (nSPS) is 21.4. The number of aromatic nitrogens is 2. The Morgan fingerprint density at radius 1 is 1.25 bits per heavy atom. The molecule has 8 heteroatoms. The molecule has 3 rings (SSSR count). The van der Waals surface area contributed by atoms with Gasteiger partial charge in [0.15, 0.2) is 5.82 Å². The number of carbonyl (C=O) groups is 2. The van der Waals surface area contributed by atoms with Crippen LogP contribution in [0.1, 0.15) is 83.3 Å². The van der Waals surface area contributed by atoms with Crippen LogP contribution >= 0.6 is 0 Å². The fourth-order valence-corrected chi connectivity index (χ4v) is 4.27. The van der Waals surface area contributed by atoms with E-state index in [1.165, 1.54) is 6.92 Å². The third-order valence-corrected chi connectivity index (χ3v) is 6.16. The number of aryl methyl sites for hydroxylation is 1. The van der Waals surface area contributed by atoms with Crippen LogP contribution in [-0.4, -0.2) is 34.0 Å². The monoisotopic (exact) mass is 391 g/mol. The zero-order valence-corrected chi connectivity index (χ0v) is 17.1. The second-order valence-corrected chi connectivity index (χ2v) is 8.63. The minimum absolute atomic E-state index is 0.0503. The molecule has 2 amide bonds. The minimum atomic E-state index is -0.559. The molecule has 1 heterocycles. The van der Waals surface area contributed by atoms with Gasteiger partial charge in [-0.1, -0.05) is 30.8 Å². The molecule has 156 valence electrons. The molecule has 0 aliphatic heterocycles. The molecule has 28 heavy (non-hydrogen) atoms. The van der Waals surface area contributed by atoms with Gasteiger partial charge in [0.05, 0.1) is 5.54 Å². The maximum absolute atomic E-state index is 12.4. The average Bonchev–Trinajstić information content (AvgIpc) is 3.44. The second-order valence-electron chi connectivity index (χ2n) is 8.63. The van der Waals surface area contributed by atoms with E-state index in [2.05, 4.69) is 20.8 Å². The Kier molecular flexibility index (Phi) is 6.37. The number of nitrogens with one attached hydrogen (secondary N) is 2. The lowest BCUT2D eigenvalue weighted by molar-refractivity contribution is -0.123. The van der Waals surface area contributed by atoms with Crippen LogP contribution in [0.5, 0.6) is 0 Å². The van der Waals surface area contributed by atoms with Crippen LogP contribution < -0.4 is 16.4 Å². The van der Waals surface area contributed by atoms with Crippen LogP contribution in [0.3, 0.4) is 0 Å². The quantitative estimate of drug-likeness (QED) is 0.582. The molecule has 1 aromatic rings. The molecule has 1 unspecified atom stereocenters. The summed E-state index contributed by atoms with van der Waals surface area (Å²) in [6, 6.07) is 0. The molecule has 2 saturated carbocycles. The molecule has 0 saturated heterocycles. The highest BCUT2D eigenvalue weighted by molar-refractivity contribution is 5.77. The Morgan fingerprint density at radius 3 is 2.50 bits per heavy atom. The van der Waals surface area contributed by atoms with Gasteiger partial charge < -0.3 is 20.9 Å². The Labute approximate surface area is 166 Å². The average molecular weight is 392 g/mol. The maximum Gasteiger partial charge on any atom is 0.227 e. The smallest absolute Gasteiger partial charge is 0.227 e. The first-order valence-corrected chi connectivity index (χ1v) is 10.5. The Morgan fingerprint density at radius 2 is 1.93 bits per heavy atom. The lowest BCUT2D eigenvalue weighted by Crippen LogP contribution is -2.53. The first-order valence-electron chi connectivity index (χ1n) is 10.5. The molecular weight excluding hydrogens is 358 g/mol. The van der Waals surface area contributed by atoms with Crippen molar-refractivity contribution in [3.63, 3.8) is 0 Å². The lowest BCUT2D eigenvalue weighted by Gasteiger charge is -2.30. The number of carbonyl (C=O) groups excluding carboxylic acids is 2. The van der Waals surface area contributed by atoms with Crippen LogP contribution in [-0.2, 0) is 21.5 Å². The van der Waals surface area contributed by atoms with Crippen molar-refractivity contribution in [1.82, 2.24) is 20.8 Å². The van der Waals surface area contributed by atoms with E-state index in [0.29, 0.717) is 30.6 Å². The van der Waals surface area contributed by atoms with E-state index in [-0.39, 0.29) is 23.8 Å². The Hall–Kier alpha value is -1.96. The molecule has 1 aromatic heterocycles. The van der Waals surface area contributed by atoms with E-state index in [1.807, 2.05) is 6.92 Å². The summed E-state index contributed by atoms with van der Waals surface area (Å²) >= 11 is 0. The van der Waals surface area contributed by atoms with Crippen molar-refractivity contribution in [3.8, 4) is 0 Å². The van der Waals surface area contributed by atoms with Gasteiger partial charge in [0, 0.05) is 26.3 Å².